The standard InChI is InChI=1S/C18H17NO5S/c20-17(19-5-3-16-13(10-19)4-8-25-16)11-24-18(21)12-1-2-14-15(9-12)23-7-6-22-14/h1-2,4,8-9H,3,5-7,10-11H2. The second-order valence-corrected chi connectivity index (χ2v) is 6.87. The van der Waals surface area contributed by atoms with Crippen molar-refractivity contribution in [1.29, 1.82) is 0 Å². The lowest BCUT2D eigenvalue weighted by molar-refractivity contribution is -0.135. The summed E-state index contributed by atoms with van der Waals surface area (Å²) < 4.78 is 16.1. The highest BCUT2D eigenvalue weighted by Crippen LogP contribution is 2.31. The number of ether oxygens (including phenoxy) is 3. The van der Waals surface area contributed by atoms with E-state index in [0.717, 1.165) is 6.42 Å². The van der Waals surface area contributed by atoms with Crippen molar-refractivity contribution in [2.45, 2.75) is 13.0 Å². The van der Waals surface area contributed by atoms with Gasteiger partial charge in [0.2, 0.25) is 0 Å². The molecule has 7 heteroatoms. The van der Waals surface area contributed by atoms with Crippen molar-refractivity contribution in [3.63, 3.8) is 0 Å². The van der Waals surface area contributed by atoms with E-state index < -0.39 is 5.97 Å². The molecule has 0 saturated carbocycles. The van der Waals surface area contributed by atoms with Crippen LogP contribution in [0.2, 0.25) is 0 Å². The van der Waals surface area contributed by atoms with E-state index in [1.54, 1.807) is 34.4 Å². The van der Waals surface area contributed by atoms with Gasteiger partial charge in [-0.2, -0.15) is 0 Å². The van der Waals surface area contributed by atoms with Gasteiger partial charge in [0.1, 0.15) is 13.2 Å². The van der Waals surface area contributed by atoms with Gasteiger partial charge in [-0.15, -0.1) is 11.3 Å². The van der Waals surface area contributed by atoms with Crippen LogP contribution in [0.3, 0.4) is 0 Å². The lowest BCUT2D eigenvalue weighted by Gasteiger charge is -2.26. The van der Waals surface area contributed by atoms with Gasteiger partial charge in [-0.05, 0) is 41.6 Å². The van der Waals surface area contributed by atoms with E-state index in [1.165, 1.54) is 10.4 Å². The molecule has 1 aromatic carbocycles. The maximum absolute atomic E-state index is 12.3. The fourth-order valence-electron chi connectivity index (χ4n) is 2.93. The number of amides is 1. The molecule has 0 bridgehead atoms. The molecule has 0 N–H and O–H groups in total. The van der Waals surface area contributed by atoms with Crippen LogP contribution in [-0.4, -0.2) is 43.1 Å². The first kappa shape index (κ1) is 16.0. The minimum atomic E-state index is -0.543. The average molecular weight is 359 g/mol. The summed E-state index contributed by atoms with van der Waals surface area (Å²) in [6.45, 7) is 1.93. The number of fused-ring (bicyclic) bond motifs is 2. The third kappa shape index (κ3) is 3.32. The monoisotopic (exact) mass is 359 g/mol. The summed E-state index contributed by atoms with van der Waals surface area (Å²) in [6, 6.07) is 6.91. The zero-order valence-electron chi connectivity index (χ0n) is 13.5. The van der Waals surface area contributed by atoms with Gasteiger partial charge in [0, 0.05) is 18.0 Å². The minimum absolute atomic E-state index is 0.178. The SMILES string of the molecule is O=C(OCC(=O)N1CCc2sccc2C1)c1ccc2c(c1)OCCO2. The van der Waals surface area contributed by atoms with Crippen LogP contribution < -0.4 is 9.47 Å². The Balaban J connectivity index is 1.35. The van der Waals surface area contributed by atoms with E-state index in [-0.39, 0.29) is 12.5 Å². The highest BCUT2D eigenvalue weighted by atomic mass is 32.1. The van der Waals surface area contributed by atoms with Crippen LogP contribution in [0.1, 0.15) is 20.8 Å². The molecular weight excluding hydrogens is 342 g/mol. The van der Waals surface area contributed by atoms with Gasteiger partial charge >= 0.3 is 5.97 Å². The van der Waals surface area contributed by atoms with Gasteiger partial charge in [0.25, 0.3) is 5.91 Å². The van der Waals surface area contributed by atoms with Crippen LogP contribution in [0.25, 0.3) is 0 Å². The predicted molar refractivity (Wildman–Crippen MR) is 91.2 cm³/mol. The summed E-state index contributed by atoms with van der Waals surface area (Å²) in [5.41, 5.74) is 1.53. The number of carbonyl (C=O) groups excluding carboxylic acids is 2. The van der Waals surface area contributed by atoms with E-state index >= 15 is 0 Å². The van der Waals surface area contributed by atoms with Gasteiger partial charge < -0.3 is 19.1 Å². The van der Waals surface area contributed by atoms with Crippen LogP contribution in [0.15, 0.2) is 29.6 Å². The first-order valence-corrected chi connectivity index (χ1v) is 8.98. The molecule has 1 aromatic heterocycles. The molecule has 0 spiro atoms. The fourth-order valence-corrected chi connectivity index (χ4v) is 3.82. The Morgan fingerprint density at radius 2 is 2.00 bits per heavy atom. The van der Waals surface area contributed by atoms with Crippen molar-refractivity contribution in [1.82, 2.24) is 4.90 Å². The number of esters is 1. The molecule has 0 aliphatic carbocycles. The maximum atomic E-state index is 12.3. The number of hydrogen-bond acceptors (Lipinski definition) is 6. The summed E-state index contributed by atoms with van der Waals surface area (Å²) in [4.78, 5) is 27.6. The zero-order valence-corrected chi connectivity index (χ0v) is 14.3. The first-order chi connectivity index (χ1) is 12.2. The predicted octanol–water partition coefficient (Wildman–Crippen LogP) is 2.26. The summed E-state index contributed by atoms with van der Waals surface area (Å²) in [6.07, 6.45) is 0.856. The van der Waals surface area contributed by atoms with Gasteiger partial charge in [0.15, 0.2) is 18.1 Å². The van der Waals surface area contributed by atoms with Gasteiger partial charge in [-0.3, -0.25) is 4.79 Å². The molecular formula is C18H17NO5S. The second kappa shape index (κ2) is 6.76. The van der Waals surface area contributed by atoms with E-state index in [9.17, 15) is 9.59 Å². The fraction of sp³-hybridized carbons (Fsp3) is 0.333. The molecule has 130 valence electrons. The van der Waals surface area contributed by atoms with E-state index in [4.69, 9.17) is 14.2 Å². The number of thiophene rings is 1. The van der Waals surface area contributed by atoms with Crippen LogP contribution in [0.5, 0.6) is 11.5 Å². The molecule has 6 nitrogen and oxygen atoms in total. The van der Waals surface area contributed by atoms with Crippen molar-refractivity contribution < 1.29 is 23.8 Å². The molecule has 0 atom stereocenters. The number of carbonyl (C=O) groups is 2. The number of rotatable bonds is 3. The van der Waals surface area contributed by atoms with E-state index in [2.05, 4.69) is 0 Å². The van der Waals surface area contributed by atoms with Crippen LogP contribution >= 0.6 is 11.3 Å². The molecule has 4 rings (SSSR count). The number of hydrogen-bond donors (Lipinski definition) is 0. The van der Waals surface area contributed by atoms with Gasteiger partial charge in [-0.1, -0.05) is 0 Å². The molecule has 1 amide bonds. The number of nitrogens with zero attached hydrogens (tertiary/aromatic N) is 1. The minimum Gasteiger partial charge on any atom is -0.486 e. The van der Waals surface area contributed by atoms with Crippen molar-refractivity contribution >= 4 is 23.2 Å². The lowest BCUT2D eigenvalue weighted by Crippen LogP contribution is -2.38. The van der Waals surface area contributed by atoms with Crippen LogP contribution in [-0.2, 0) is 22.5 Å². The Bertz CT molecular complexity index is 816. The smallest absolute Gasteiger partial charge is 0.338 e. The van der Waals surface area contributed by atoms with E-state index in [0.29, 0.717) is 43.4 Å². The second-order valence-electron chi connectivity index (χ2n) is 5.87. The Labute approximate surface area is 148 Å². The summed E-state index contributed by atoms with van der Waals surface area (Å²) in [5, 5.41) is 2.04. The van der Waals surface area contributed by atoms with Gasteiger partial charge in [0.05, 0.1) is 5.56 Å². The van der Waals surface area contributed by atoms with E-state index in [1.807, 2.05) is 11.4 Å². The maximum Gasteiger partial charge on any atom is 0.338 e. The summed E-state index contributed by atoms with van der Waals surface area (Å²) in [5.74, 6) is 0.410. The third-order valence-electron chi connectivity index (χ3n) is 4.26. The average Bonchev–Trinajstić information content (AvgIpc) is 3.13. The molecule has 2 aliphatic heterocycles. The molecule has 2 aromatic rings. The Kier molecular flexibility index (Phi) is 4.31. The van der Waals surface area contributed by atoms with Crippen molar-refractivity contribution in [2.24, 2.45) is 0 Å². The Morgan fingerprint density at radius 1 is 1.16 bits per heavy atom. The highest BCUT2D eigenvalue weighted by molar-refractivity contribution is 7.10. The number of benzene rings is 1. The van der Waals surface area contributed by atoms with Crippen LogP contribution in [0, 0.1) is 0 Å². The topological polar surface area (TPSA) is 65.1 Å². The normalized spacial score (nSPS) is 15.4. The molecule has 3 heterocycles. The molecule has 2 aliphatic rings. The van der Waals surface area contributed by atoms with Gasteiger partial charge in [-0.25, -0.2) is 4.79 Å². The summed E-state index contributed by atoms with van der Waals surface area (Å²) in [7, 11) is 0. The Morgan fingerprint density at radius 3 is 2.88 bits per heavy atom. The van der Waals surface area contributed by atoms with Crippen molar-refractivity contribution in [2.75, 3.05) is 26.4 Å². The molecule has 0 fully saturated rings. The quantitative estimate of drug-likeness (QED) is 0.787. The molecule has 25 heavy (non-hydrogen) atoms. The third-order valence-corrected chi connectivity index (χ3v) is 5.29. The molecule has 0 unspecified atom stereocenters. The molecule has 0 saturated heterocycles. The Hall–Kier alpha value is -2.54. The largest absolute Gasteiger partial charge is 0.486 e. The highest BCUT2D eigenvalue weighted by Gasteiger charge is 2.23. The van der Waals surface area contributed by atoms with Crippen LogP contribution in [0.4, 0.5) is 0 Å². The first-order valence-electron chi connectivity index (χ1n) is 8.10. The van der Waals surface area contributed by atoms with Crippen molar-refractivity contribution in [3.8, 4) is 11.5 Å². The van der Waals surface area contributed by atoms with Crippen molar-refractivity contribution in [3.05, 3.63) is 45.6 Å². The zero-order chi connectivity index (χ0) is 17.2. The molecule has 0 radical (unpaired) electrons. The lowest BCUT2D eigenvalue weighted by atomic mass is 10.1. The summed E-state index contributed by atoms with van der Waals surface area (Å²) >= 11 is 1.72.